The van der Waals surface area contributed by atoms with Crippen molar-refractivity contribution in [1.29, 1.82) is 5.26 Å². The number of nitrogens with one attached hydrogen (secondary N) is 1. The third kappa shape index (κ3) is 4.24. The average molecular weight is 407 g/mol. The summed E-state index contributed by atoms with van der Waals surface area (Å²) in [6.45, 7) is 3.50. The number of carbonyl (C=O) groups is 2. The number of nitriles is 1. The van der Waals surface area contributed by atoms with Crippen molar-refractivity contribution in [2.24, 2.45) is 5.73 Å². The summed E-state index contributed by atoms with van der Waals surface area (Å²) in [6.07, 6.45) is 1.30. The number of thiol groups is 4. The molecule has 0 saturated carbocycles. The molecular weight excluding hydrogens is 391 g/mol. The second-order valence-corrected chi connectivity index (χ2v) is 11.8. The van der Waals surface area contributed by atoms with Gasteiger partial charge in [0.2, 0.25) is 5.91 Å². The van der Waals surface area contributed by atoms with E-state index in [1.807, 2.05) is 6.07 Å². The molecule has 6 nitrogen and oxygen atoms in total. The Hall–Kier alpha value is -0.673. The molecule has 0 fully saturated rings. The third-order valence-corrected chi connectivity index (χ3v) is 7.87. The van der Waals surface area contributed by atoms with Crippen LogP contribution >= 0.6 is 50.5 Å². The van der Waals surface area contributed by atoms with Crippen molar-refractivity contribution >= 4 is 70.0 Å². The molecular formula is C12H16N3O3S4Si. The lowest BCUT2D eigenvalue weighted by Gasteiger charge is -2.33. The van der Waals surface area contributed by atoms with Gasteiger partial charge in [-0.2, -0.15) is 5.26 Å². The van der Waals surface area contributed by atoms with Gasteiger partial charge in [-0.3, -0.25) is 9.59 Å². The molecule has 125 valence electrons. The Labute approximate surface area is 157 Å². The van der Waals surface area contributed by atoms with Crippen molar-refractivity contribution in [2.45, 2.75) is 24.7 Å². The van der Waals surface area contributed by atoms with Gasteiger partial charge < -0.3 is 15.8 Å². The number of primary amides is 1. The van der Waals surface area contributed by atoms with E-state index in [0.717, 1.165) is 0 Å². The number of ether oxygens (including phenoxy) is 1. The molecule has 0 aromatic carbocycles. The second-order valence-electron chi connectivity index (χ2n) is 5.42. The van der Waals surface area contributed by atoms with Gasteiger partial charge in [0.05, 0.1) is 9.81 Å². The lowest BCUT2D eigenvalue weighted by atomic mass is 9.99. The van der Waals surface area contributed by atoms with Gasteiger partial charge in [0.1, 0.15) is 6.07 Å². The SMILES string of the molecule is C[Si](C)(C[CH]C(=O)NC1(C#N)C(S)=C(S)OC(S)=C1S)C(N)=O. The molecule has 3 N–H and O–H groups in total. The molecule has 23 heavy (non-hydrogen) atoms. The highest BCUT2D eigenvalue weighted by atomic mass is 32.1. The maximum Gasteiger partial charge on any atom is 0.225 e. The fourth-order valence-corrected chi connectivity index (χ4v) is 3.66. The van der Waals surface area contributed by atoms with Crippen LogP contribution in [0.2, 0.25) is 19.1 Å². The number of carbonyl (C=O) groups excluding carboxylic acids is 2. The molecule has 1 aliphatic heterocycles. The van der Waals surface area contributed by atoms with Crippen molar-refractivity contribution in [3.8, 4) is 6.07 Å². The van der Waals surface area contributed by atoms with Crippen LogP contribution < -0.4 is 11.1 Å². The van der Waals surface area contributed by atoms with Gasteiger partial charge in [-0.25, -0.2) is 0 Å². The van der Waals surface area contributed by atoms with Crippen molar-refractivity contribution < 1.29 is 14.3 Å². The van der Waals surface area contributed by atoms with E-state index in [9.17, 15) is 14.9 Å². The Kier molecular flexibility index (Phi) is 6.62. The van der Waals surface area contributed by atoms with E-state index < -0.39 is 25.1 Å². The van der Waals surface area contributed by atoms with Crippen molar-refractivity contribution in [1.82, 2.24) is 5.32 Å². The van der Waals surface area contributed by atoms with E-state index in [2.05, 4.69) is 55.8 Å². The first kappa shape index (κ1) is 20.4. The highest BCUT2D eigenvalue weighted by molar-refractivity contribution is 7.90. The second kappa shape index (κ2) is 7.48. The number of amides is 2. The first-order valence-electron chi connectivity index (χ1n) is 6.27. The molecule has 0 aromatic heterocycles. The molecule has 0 atom stereocenters. The zero-order chi connectivity index (χ0) is 18.0. The standard InChI is InChI=1S/C12H16N3O3S4Si/c1-23(2,11(14)17)4-3-6(16)15-12(5-13)7(19)9(21)18-10(22)8(12)20/h3,19-22H,4H2,1-2H3,(H2,14,17)(H,15,16). The molecule has 0 bridgehead atoms. The van der Waals surface area contributed by atoms with Crippen molar-refractivity contribution in [3.05, 3.63) is 26.4 Å². The average Bonchev–Trinajstić information content (AvgIpc) is 2.47. The van der Waals surface area contributed by atoms with Gasteiger partial charge in [0.15, 0.2) is 29.3 Å². The summed E-state index contributed by atoms with van der Waals surface area (Å²) in [6, 6.07) is 2.19. The first-order valence-corrected chi connectivity index (χ1v) is 11.3. The number of nitrogens with zero attached hydrogens (tertiary/aromatic N) is 1. The molecule has 1 radical (unpaired) electrons. The minimum atomic E-state index is -2.38. The van der Waals surface area contributed by atoms with Gasteiger partial charge in [-0.15, -0.1) is 50.5 Å². The molecule has 11 heteroatoms. The van der Waals surface area contributed by atoms with E-state index >= 15 is 0 Å². The molecule has 0 spiro atoms. The van der Waals surface area contributed by atoms with E-state index in [4.69, 9.17) is 10.5 Å². The van der Waals surface area contributed by atoms with Crippen LogP contribution in [-0.2, 0) is 9.53 Å². The summed E-state index contributed by atoms with van der Waals surface area (Å²) in [5.41, 5.74) is 3.27. The summed E-state index contributed by atoms with van der Waals surface area (Å²) < 4.78 is 5.16. The molecule has 0 aliphatic carbocycles. The smallest absolute Gasteiger partial charge is 0.225 e. The van der Waals surface area contributed by atoms with Crippen LogP contribution in [0.3, 0.4) is 0 Å². The maximum atomic E-state index is 12.2. The molecule has 0 aromatic rings. The Morgan fingerprint density at radius 1 is 1.30 bits per heavy atom. The minimum absolute atomic E-state index is 0.0322. The van der Waals surface area contributed by atoms with Crippen LogP contribution in [0.15, 0.2) is 20.0 Å². The molecule has 1 heterocycles. The highest BCUT2D eigenvalue weighted by Gasteiger charge is 2.44. The summed E-state index contributed by atoms with van der Waals surface area (Å²) in [4.78, 5) is 23.7. The van der Waals surface area contributed by atoms with Crippen LogP contribution in [0.5, 0.6) is 0 Å². The van der Waals surface area contributed by atoms with E-state index in [1.165, 1.54) is 6.42 Å². The highest BCUT2D eigenvalue weighted by Crippen LogP contribution is 2.42. The van der Waals surface area contributed by atoms with Gasteiger partial charge >= 0.3 is 0 Å². The minimum Gasteiger partial charge on any atom is -0.442 e. The van der Waals surface area contributed by atoms with Crippen LogP contribution in [0, 0.1) is 17.8 Å². The van der Waals surface area contributed by atoms with E-state index in [1.54, 1.807) is 13.1 Å². The third-order valence-electron chi connectivity index (χ3n) is 3.25. The molecule has 0 saturated heterocycles. The Bertz CT molecular complexity index is 630. The molecule has 0 unspecified atom stereocenters. The number of hydrogen-bond acceptors (Lipinski definition) is 8. The van der Waals surface area contributed by atoms with Gasteiger partial charge in [-0.05, 0) is 6.04 Å². The van der Waals surface area contributed by atoms with E-state index in [0.29, 0.717) is 0 Å². The Morgan fingerprint density at radius 2 is 1.78 bits per heavy atom. The van der Waals surface area contributed by atoms with Gasteiger partial charge in [-0.1, -0.05) is 13.1 Å². The largest absolute Gasteiger partial charge is 0.442 e. The predicted molar refractivity (Wildman–Crippen MR) is 104 cm³/mol. The lowest BCUT2D eigenvalue weighted by molar-refractivity contribution is -0.118. The quantitative estimate of drug-likeness (QED) is 0.310. The summed E-state index contributed by atoms with van der Waals surface area (Å²) >= 11 is 16.5. The van der Waals surface area contributed by atoms with Crippen LogP contribution in [0.4, 0.5) is 4.79 Å². The predicted octanol–water partition coefficient (Wildman–Crippen LogP) is 2.03. The zero-order valence-corrected chi connectivity index (χ0v) is 16.9. The van der Waals surface area contributed by atoms with Crippen LogP contribution in [-0.4, -0.2) is 25.1 Å². The normalized spacial score (nSPS) is 17.4. The number of nitrogens with two attached hydrogens (primary N) is 1. The molecule has 1 rings (SSSR count). The van der Waals surface area contributed by atoms with Crippen molar-refractivity contribution in [3.63, 3.8) is 0 Å². The number of hydrogen-bond donors (Lipinski definition) is 6. The Morgan fingerprint density at radius 3 is 2.17 bits per heavy atom. The molecule has 1 aliphatic rings. The zero-order valence-electron chi connectivity index (χ0n) is 12.3. The summed E-state index contributed by atoms with van der Waals surface area (Å²) in [5.74, 6) is -0.560. The number of rotatable bonds is 5. The van der Waals surface area contributed by atoms with Crippen LogP contribution in [0.1, 0.15) is 0 Å². The van der Waals surface area contributed by atoms with E-state index in [-0.39, 0.29) is 26.0 Å². The van der Waals surface area contributed by atoms with Crippen molar-refractivity contribution in [2.75, 3.05) is 0 Å². The topological polar surface area (TPSA) is 105 Å². The fourth-order valence-electron chi connectivity index (χ4n) is 1.56. The first-order chi connectivity index (χ1) is 10.5. The summed E-state index contributed by atoms with van der Waals surface area (Å²) in [7, 11) is -2.38. The monoisotopic (exact) mass is 406 g/mol. The Balaban J connectivity index is 3.00. The van der Waals surface area contributed by atoms with Gasteiger partial charge in [0.25, 0.3) is 0 Å². The lowest BCUT2D eigenvalue weighted by Crippen LogP contribution is -2.51. The fraction of sp³-hybridized carbons (Fsp3) is 0.333. The molecule has 2 amide bonds. The maximum absolute atomic E-state index is 12.2. The summed E-state index contributed by atoms with van der Waals surface area (Å²) in [5, 5.41) is 12.1. The van der Waals surface area contributed by atoms with Gasteiger partial charge in [0, 0.05) is 6.42 Å². The van der Waals surface area contributed by atoms with Crippen LogP contribution in [0.25, 0.3) is 0 Å².